The quantitative estimate of drug-likeness (QED) is 0.877. The predicted octanol–water partition coefficient (Wildman–Crippen LogP) is 1.28. The van der Waals surface area contributed by atoms with E-state index in [4.69, 9.17) is 9.84 Å². The SMILES string of the molecule is CC(C(=O)O)N(C)C(=O)COc1ccc(F)cc1F. The zero-order chi connectivity index (χ0) is 14.6. The van der Waals surface area contributed by atoms with Crippen molar-refractivity contribution in [3.63, 3.8) is 0 Å². The Morgan fingerprint density at radius 1 is 1.42 bits per heavy atom. The van der Waals surface area contributed by atoms with Crippen molar-refractivity contribution < 1.29 is 28.2 Å². The van der Waals surface area contributed by atoms with Crippen LogP contribution in [0.3, 0.4) is 0 Å². The van der Waals surface area contributed by atoms with Crippen LogP contribution in [0.1, 0.15) is 6.92 Å². The van der Waals surface area contributed by atoms with Gasteiger partial charge in [-0.2, -0.15) is 0 Å². The van der Waals surface area contributed by atoms with Gasteiger partial charge < -0.3 is 14.7 Å². The summed E-state index contributed by atoms with van der Waals surface area (Å²) < 4.78 is 30.7. The molecule has 104 valence electrons. The highest BCUT2D eigenvalue weighted by Crippen LogP contribution is 2.17. The molecule has 1 amide bonds. The number of ether oxygens (including phenoxy) is 1. The number of hydrogen-bond donors (Lipinski definition) is 1. The number of likely N-dealkylation sites (N-methyl/N-ethyl adjacent to an activating group) is 1. The van der Waals surface area contributed by atoms with Gasteiger partial charge in [0.05, 0.1) is 0 Å². The lowest BCUT2D eigenvalue weighted by atomic mass is 10.3. The fourth-order valence-electron chi connectivity index (χ4n) is 1.22. The highest BCUT2D eigenvalue weighted by molar-refractivity contribution is 5.84. The molecular weight excluding hydrogens is 260 g/mol. The molecular formula is C12H13F2NO4. The van der Waals surface area contributed by atoms with Gasteiger partial charge in [0.1, 0.15) is 11.9 Å². The first-order valence-electron chi connectivity index (χ1n) is 5.39. The van der Waals surface area contributed by atoms with Gasteiger partial charge in [0, 0.05) is 13.1 Å². The molecule has 1 aromatic carbocycles. The summed E-state index contributed by atoms with van der Waals surface area (Å²) in [6.07, 6.45) is 0. The van der Waals surface area contributed by atoms with E-state index in [9.17, 15) is 18.4 Å². The van der Waals surface area contributed by atoms with E-state index in [-0.39, 0.29) is 5.75 Å². The standard InChI is InChI=1S/C12H13F2NO4/c1-7(12(17)18)15(2)11(16)6-19-10-4-3-8(13)5-9(10)14/h3-5,7H,6H2,1-2H3,(H,17,18). The van der Waals surface area contributed by atoms with Crippen LogP contribution in [0.25, 0.3) is 0 Å². The van der Waals surface area contributed by atoms with Crippen LogP contribution in [-0.2, 0) is 9.59 Å². The van der Waals surface area contributed by atoms with Gasteiger partial charge in [-0.1, -0.05) is 0 Å². The Balaban J connectivity index is 2.61. The minimum atomic E-state index is -1.16. The largest absolute Gasteiger partial charge is 0.481 e. The number of carboxylic acid groups (broad SMARTS) is 1. The van der Waals surface area contributed by atoms with E-state index in [1.54, 1.807) is 0 Å². The highest BCUT2D eigenvalue weighted by Gasteiger charge is 2.22. The Morgan fingerprint density at radius 3 is 2.58 bits per heavy atom. The molecule has 0 spiro atoms. The number of rotatable bonds is 5. The van der Waals surface area contributed by atoms with E-state index in [0.29, 0.717) is 6.07 Å². The van der Waals surface area contributed by atoms with Crippen molar-refractivity contribution in [3.05, 3.63) is 29.8 Å². The summed E-state index contributed by atoms with van der Waals surface area (Å²) in [7, 11) is 1.30. The first-order valence-corrected chi connectivity index (χ1v) is 5.39. The lowest BCUT2D eigenvalue weighted by Gasteiger charge is -2.21. The third-order valence-electron chi connectivity index (χ3n) is 2.58. The number of hydrogen-bond acceptors (Lipinski definition) is 3. The van der Waals surface area contributed by atoms with Gasteiger partial charge in [-0.25, -0.2) is 13.6 Å². The van der Waals surface area contributed by atoms with E-state index < -0.39 is 36.2 Å². The molecule has 0 radical (unpaired) electrons. The molecule has 0 aliphatic carbocycles. The van der Waals surface area contributed by atoms with Gasteiger partial charge in [0.25, 0.3) is 5.91 Å². The maximum atomic E-state index is 13.2. The van der Waals surface area contributed by atoms with Crippen molar-refractivity contribution in [3.8, 4) is 5.75 Å². The van der Waals surface area contributed by atoms with E-state index in [1.165, 1.54) is 14.0 Å². The Kier molecular flexibility index (Phi) is 4.80. The average Bonchev–Trinajstić information content (AvgIpc) is 2.35. The van der Waals surface area contributed by atoms with E-state index in [2.05, 4.69) is 0 Å². The van der Waals surface area contributed by atoms with Crippen LogP contribution in [0.2, 0.25) is 0 Å². The van der Waals surface area contributed by atoms with Crippen LogP contribution in [0.15, 0.2) is 18.2 Å². The molecule has 0 fully saturated rings. The summed E-state index contributed by atoms with van der Waals surface area (Å²) in [6.45, 7) is 0.801. The second-order valence-electron chi connectivity index (χ2n) is 3.88. The Bertz CT molecular complexity index is 493. The van der Waals surface area contributed by atoms with E-state index >= 15 is 0 Å². The first kappa shape index (κ1) is 14.9. The van der Waals surface area contributed by atoms with Crippen molar-refractivity contribution in [1.29, 1.82) is 0 Å². The maximum absolute atomic E-state index is 13.2. The minimum Gasteiger partial charge on any atom is -0.481 e. The monoisotopic (exact) mass is 273 g/mol. The normalized spacial score (nSPS) is 11.8. The molecule has 1 unspecified atom stereocenters. The van der Waals surface area contributed by atoms with Crippen LogP contribution in [0.4, 0.5) is 8.78 Å². The van der Waals surface area contributed by atoms with Crippen LogP contribution in [0, 0.1) is 11.6 Å². The Labute approximate surface area is 108 Å². The third-order valence-corrected chi connectivity index (χ3v) is 2.58. The molecule has 1 rings (SSSR count). The van der Waals surface area contributed by atoms with Crippen molar-refractivity contribution >= 4 is 11.9 Å². The average molecular weight is 273 g/mol. The fraction of sp³-hybridized carbons (Fsp3) is 0.333. The van der Waals surface area contributed by atoms with Gasteiger partial charge in [-0.15, -0.1) is 0 Å². The molecule has 0 bridgehead atoms. The van der Waals surface area contributed by atoms with Crippen molar-refractivity contribution in [1.82, 2.24) is 4.90 Å². The minimum absolute atomic E-state index is 0.272. The lowest BCUT2D eigenvalue weighted by molar-refractivity contribution is -0.149. The number of benzene rings is 1. The number of carbonyl (C=O) groups excluding carboxylic acids is 1. The zero-order valence-electron chi connectivity index (χ0n) is 10.4. The molecule has 0 saturated carbocycles. The summed E-state index contributed by atoms with van der Waals surface area (Å²) in [5.74, 6) is -3.75. The molecule has 0 aromatic heterocycles. The molecule has 19 heavy (non-hydrogen) atoms. The molecule has 1 aromatic rings. The van der Waals surface area contributed by atoms with Gasteiger partial charge >= 0.3 is 5.97 Å². The topological polar surface area (TPSA) is 66.8 Å². The Hall–Kier alpha value is -2.18. The fourth-order valence-corrected chi connectivity index (χ4v) is 1.22. The van der Waals surface area contributed by atoms with Gasteiger partial charge in [0.15, 0.2) is 18.2 Å². The van der Waals surface area contributed by atoms with Crippen molar-refractivity contribution in [2.75, 3.05) is 13.7 Å². The van der Waals surface area contributed by atoms with Crippen LogP contribution < -0.4 is 4.74 Å². The number of halogens is 2. The van der Waals surface area contributed by atoms with E-state index in [0.717, 1.165) is 17.0 Å². The number of aliphatic carboxylic acids is 1. The molecule has 1 N–H and O–H groups in total. The zero-order valence-corrected chi connectivity index (χ0v) is 10.4. The molecule has 0 heterocycles. The highest BCUT2D eigenvalue weighted by atomic mass is 19.1. The molecule has 0 saturated heterocycles. The first-order chi connectivity index (χ1) is 8.82. The van der Waals surface area contributed by atoms with Crippen molar-refractivity contribution in [2.24, 2.45) is 0 Å². The molecule has 0 aliphatic rings. The molecule has 5 nitrogen and oxygen atoms in total. The molecule has 0 aliphatic heterocycles. The second kappa shape index (κ2) is 6.12. The number of carboxylic acids is 1. The summed E-state index contributed by atoms with van der Waals surface area (Å²) >= 11 is 0. The van der Waals surface area contributed by atoms with Gasteiger partial charge in [0.2, 0.25) is 0 Å². The molecule has 1 atom stereocenters. The summed E-state index contributed by atoms with van der Waals surface area (Å²) in [5.41, 5.74) is 0. The van der Waals surface area contributed by atoms with Crippen LogP contribution >= 0.6 is 0 Å². The predicted molar refractivity (Wildman–Crippen MR) is 61.7 cm³/mol. The van der Waals surface area contributed by atoms with Crippen LogP contribution in [-0.4, -0.2) is 41.6 Å². The second-order valence-corrected chi connectivity index (χ2v) is 3.88. The van der Waals surface area contributed by atoms with E-state index in [1.807, 2.05) is 0 Å². The summed E-state index contributed by atoms with van der Waals surface area (Å²) in [5, 5.41) is 8.72. The van der Waals surface area contributed by atoms with Gasteiger partial charge in [-0.05, 0) is 19.1 Å². The van der Waals surface area contributed by atoms with Crippen molar-refractivity contribution in [2.45, 2.75) is 13.0 Å². The lowest BCUT2D eigenvalue weighted by Crippen LogP contribution is -2.42. The summed E-state index contributed by atoms with van der Waals surface area (Å²) in [6, 6.07) is 1.66. The molecule has 7 heteroatoms. The smallest absolute Gasteiger partial charge is 0.326 e. The number of nitrogens with zero attached hydrogens (tertiary/aromatic N) is 1. The third kappa shape index (κ3) is 3.90. The van der Waals surface area contributed by atoms with Crippen LogP contribution in [0.5, 0.6) is 5.75 Å². The summed E-state index contributed by atoms with van der Waals surface area (Å²) in [4.78, 5) is 23.2. The Morgan fingerprint density at radius 2 is 2.05 bits per heavy atom. The van der Waals surface area contributed by atoms with Gasteiger partial charge in [-0.3, -0.25) is 4.79 Å². The maximum Gasteiger partial charge on any atom is 0.326 e. The number of carbonyl (C=O) groups is 2. The number of amides is 1.